The van der Waals surface area contributed by atoms with Crippen molar-refractivity contribution in [2.24, 2.45) is 5.41 Å². The Morgan fingerprint density at radius 1 is 1.35 bits per heavy atom. The molecule has 0 saturated carbocycles. The van der Waals surface area contributed by atoms with Gasteiger partial charge in [-0.1, -0.05) is 32.9 Å². The Morgan fingerprint density at radius 2 is 2.00 bits per heavy atom. The van der Waals surface area contributed by atoms with Crippen molar-refractivity contribution in [3.8, 4) is 0 Å². The van der Waals surface area contributed by atoms with Crippen LogP contribution in [0.5, 0.6) is 0 Å². The number of nitrogens with zero attached hydrogens (tertiary/aromatic N) is 1. The zero-order valence-corrected chi connectivity index (χ0v) is 11.1. The quantitative estimate of drug-likeness (QED) is 0.873. The van der Waals surface area contributed by atoms with Gasteiger partial charge >= 0.3 is 0 Å². The Bertz CT molecular complexity index is 359. The van der Waals surface area contributed by atoms with Crippen molar-refractivity contribution < 1.29 is 9.50 Å². The summed E-state index contributed by atoms with van der Waals surface area (Å²) in [5.41, 5.74) is 0.923. The largest absolute Gasteiger partial charge is 0.395 e. The Kier molecular flexibility index (Phi) is 4.66. The first-order valence-corrected chi connectivity index (χ1v) is 5.90. The maximum Gasteiger partial charge on any atom is 0.123 e. The van der Waals surface area contributed by atoms with E-state index in [9.17, 15) is 9.50 Å². The Balaban J connectivity index is 2.74. The van der Waals surface area contributed by atoms with Crippen LogP contribution in [-0.2, 0) is 6.54 Å². The van der Waals surface area contributed by atoms with Crippen molar-refractivity contribution in [2.45, 2.75) is 33.4 Å². The molecule has 0 saturated heterocycles. The molecule has 0 aliphatic rings. The second-order valence-electron chi connectivity index (χ2n) is 5.61. The molecule has 0 aliphatic carbocycles. The normalized spacial score (nSPS) is 14.1. The molecule has 0 aliphatic heterocycles. The summed E-state index contributed by atoms with van der Waals surface area (Å²) < 4.78 is 13.1. The lowest BCUT2D eigenvalue weighted by molar-refractivity contribution is 0.0614. The van der Waals surface area contributed by atoms with Gasteiger partial charge in [0.2, 0.25) is 0 Å². The van der Waals surface area contributed by atoms with E-state index >= 15 is 0 Å². The summed E-state index contributed by atoms with van der Waals surface area (Å²) in [6, 6.07) is 6.65. The maximum atomic E-state index is 13.1. The SMILES string of the molecule is CN(Cc1cccc(F)c1)C(CO)C(C)(C)C. The van der Waals surface area contributed by atoms with Gasteiger partial charge in [-0.2, -0.15) is 0 Å². The van der Waals surface area contributed by atoms with E-state index in [1.807, 2.05) is 13.1 Å². The molecule has 0 aromatic heterocycles. The fourth-order valence-corrected chi connectivity index (χ4v) is 2.11. The van der Waals surface area contributed by atoms with Crippen molar-refractivity contribution >= 4 is 0 Å². The number of aliphatic hydroxyl groups excluding tert-OH is 1. The molecule has 1 N–H and O–H groups in total. The number of halogens is 1. The molecule has 0 radical (unpaired) electrons. The summed E-state index contributed by atoms with van der Waals surface area (Å²) in [7, 11) is 1.96. The summed E-state index contributed by atoms with van der Waals surface area (Å²) in [6.45, 7) is 7.03. The molecule has 1 unspecified atom stereocenters. The van der Waals surface area contributed by atoms with Crippen molar-refractivity contribution in [3.05, 3.63) is 35.6 Å². The molecule has 0 bridgehead atoms. The van der Waals surface area contributed by atoms with E-state index in [4.69, 9.17) is 0 Å². The Hall–Kier alpha value is -0.930. The molecule has 1 aromatic rings. The van der Waals surface area contributed by atoms with Crippen molar-refractivity contribution in [1.29, 1.82) is 0 Å². The average molecular weight is 239 g/mol. The predicted molar refractivity (Wildman–Crippen MR) is 68.2 cm³/mol. The van der Waals surface area contributed by atoms with Crippen LogP contribution in [0, 0.1) is 11.2 Å². The van der Waals surface area contributed by atoms with Gasteiger partial charge < -0.3 is 5.11 Å². The number of hydrogen-bond acceptors (Lipinski definition) is 2. The van der Waals surface area contributed by atoms with Gasteiger partial charge in [-0.05, 0) is 30.2 Å². The molecule has 1 aromatic carbocycles. The minimum Gasteiger partial charge on any atom is -0.395 e. The monoisotopic (exact) mass is 239 g/mol. The zero-order chi connectivity index (χ0) is 13.1. The molecule has 0 amide bonds. The Labute approximate surface area is 103 Å². The third-order valence-corrected chi connectivity index (χ3v) is 3.03. The minimum atomic E-state index is -0.216. The predicted octanol–water partition coefficient (Wildman–Crippen LogP) is 2.66. The number of likely N-dealkylation sites (N-methyl/N-ethyl adjacent to an activating group) is 1. The van der Waals surface area contributed by atoms with E-state index in [0.29, 0.717) is 6.54 Å². The number of rotatable bonds is 4. The highest BCUT2D eigenvalue weighted by Crippen LogP contribution is 2.24. The van der Waals surface area contributed by atoms with Crippen LogP contribution >= 0.6 is 0 Å². The zero-order valence-electron chi connectivity index (χ0n) is 11.1. The van der Waals surface area contributed by atoms with Crippen LogP contribution in [0.1, 0.15) is 26.3 Å². The lowest BCUT2D eigenvalue weighted by Crippen LogP contribution is -2.43. The van der Waals surface area contributed by atoms with Crippen molar-refractivity contribution in [3.63, 3.8) is 0 Å². The molecule has 3 heteroatoms. The highest BCUT2D eigenvalue weighted by molar-refractivity contribution is 5.16. The molecule has 17 heavy (non-hydrogen) atoms. The lowest BCUT2D eigenvalue weighted by atomic mass is 9.86. The van der Waals surface area contributed by atoms with E-state index in [2.05, 4.69) is 25.7 Å². The van der Waals surface area contributed by atoms with E-state index in [1.165, 1.54) is 12.1 Å². The van der Waals surface area contributed by atoms with Gasteiger partial charge in [-0.15, -0.1) is 0 Å². The molecule has 2 nitrogen and oxygen atoms in total. The molecule has 96 valence electrons. The average Bonchev–Trinajstić information content (AvgIpc) is 2.15. The molecular formula is C14H22FNO. The first-order valence-electron chi connectivity index (χ1n) is 5.90. The molecule has 0 spiro atoms. The number of benzene rings is 1. The molecular weight excluding hydrogens is 217 g/mol. The van der Waals surface area contributed by atoms with Crippen LogP contribution in [0.15, 0.2) is 24.3 Å². The van der Waals surface area contributed by atoms with E-state index < -0.39 is 0 Å². The fourth-order valence-electron chi connectivity index (χ4n) is 2.11. The topological polar surface area (TPSA) is 23.5 Å². The first-order chi connectivity index (χ1) is 7.84. The minimum absolute atomic E-state index is 0.00315. The number of hydrogen-bond donors (Lipinski definition) is 1. The first kappa shape index (κ1) is 14.1. The van der Waals surface area contributed by atoms with E-state index in [0.717, 1.165) is 5.56 Å². The van der Waals surface area contributed by atoms with Crippen molar-refractivity contribution in [1.82, 2.24) is 4.90 Å². The summed E-state index contributed by atoms with van der Waals surface area (Å²) in [6.07, 6.45) is 0. The van der Waals surface area contributed by atoms with Gasteiger partial charge in [0.1, 0.15) is 5.82 Å². The van der Waals surface area contributed by atoms with Gasteiger partial charge in [-0.3, -0.25) is 4.90 Å². The van der Waals surface area contributed by atoms with Crippen LogP contribution in [0.3, 0.4) is 0 Å². The van der Waals surface area contributed by atoms with Crippen LogP contribution in [-0.4, -0.2) is 29.7 Å². The summed E-state index contributed by atoms with van der Waals surface area (Å²) in [5.74, 6) is -0.216. The third-order valence-electron chi connectivity index (χ3n) is 3.03. The Morgan fingerprint density at radius 3 is 2.47 bits per heavy atom. The summed E-state index contributed by atoms with van der Waals surface area (Å²) >= 11 is 0. The van der Waals surface area contributed by atoms with Gasteiger partial charge in [-0.25, -0.2) is 4.39 Å². The number of aliphatic hydroxyl groups is 1. The second kappa shape index (κ2) is 5.61. The van der Waals surface area contributed by atoms with Gasteiger partial charge in [0.15, 0.2) is 0 Å². The standard InChI is InChI=1S/C14H22FNO/c1-14(2,3)13(10-17)16(4)9-11-6-5-7-12(15)8-11/h5-8,13,17H,9-10H2,1-4H3. The fraction of sp³-hybridized carbons (Fsp3) is 0.571. The molecule has 0 fully saturated rings. The van der Waals surface area contributed by atoms with Crippen molar-refractivity contribution in [2.75, 3.05) is 13.7 Å². The molecule has 1 atom stereocenters. The van der Waals surface area contributed by atoms with E-state index in [-0.39, 0.29) is 23.9 Å². The molecule has 0 heterocycles. The third kappa shape index (κ3) is 4.10. The second-order valence-corrected chi connectivity index (χ2v) is 5.61. The van der Waals surface area contributed by atoms with Gasteiger partial charge in [0.05, 0.1) is 6.61 Å². The summed E-state index contributed by atoms with van der Waals surface area (Å²) in [5, 5.41) is 9.45. The van der Waals surface area contributed by atoms with E-state index in [1.54, 1.807) is 6.07 Å². The van der Waals surface area contributed by atoms with Gasteiger partial charge in [0, 0.05) is 12.6 Å². The molecule has 1 rings (SSSR count). The maximum absolute atomic E-state index is 13.1. The van der Waals surface area contributed by atoms with Crippen LogP contribution in [0.25, 0.3) is 0 Å². The highest BCUT2D eigenvalue weighted by atomic mass is 19.1. The summed E-state index contributed by atoms with van der Waals surface area (Å²) in [4.78, 5) is 2.06. The van der Waals surface area contributed by atoms with Crippen LogP contribution in [0.4, 0.5) is 4.39 Å². The van der Waals surface area contributed by atoms with Crippen LogP contribution in [0.2, 0.25) is 0 Å². The van der Waals surface area contributed by atoms with Crippen LogP contribution < -0.4 is 0 Å². The highest BCUT2D eigenvalue weighted by Gasteiger charge is 2.27. The lowest BCUT2D eigenvalue weighted by Gasteiger charge is -2.36. The van der Waals surface area contributed by atoms with Gasteiger partial charge in [0.25, 0.3) is 0 Å². The smallest absolute Gasteiger partial charge is 0.123 e.